The van der Waals surface area contributed by atoms with Crippen LogP contribution >= 0.6 is 11.3 Å². The van der Waals surface area contributed by atoms with E-state index in [1.54, 1.807) is 28.2 Å². The molecule has 0 radical (unpaired) electrons. The molecule has 1 atom stereocenters. The average Bonchev–Trinajstić information content (AvgIpc) is 3.31. The molecule has 0 aliphatic carbocycles. The number of hydrogen-bond donors (Lipinski definition) is 0. The number of aryl methyl sites for hydroxylation is 2. The Morgan fingerprint density at radius 3 is 2.68 bits per heavy atom. The number of rotatable bonds is 7. The van der Waals surface area contributed by atoms with Crippen molar-refractivity contribution >= 4 is 23.2 Å². The van der Waals surface area contributed by atoms with Crippen molar-refractivity contribution in [1.82, 2.24) is 9.80 Å². The molecule has 0 saturated carbocycles. The first-order chi connectivity index (χ1) is 13.4. The summed E-state index contributed by atoms with van der Waals surface area (Å²) in [4.78, 5) is 30.0. The maximum atomic E-state index is 12.9. The highest BCUT2D eigenvalue weighted by atomic mass is 32.1. The summed E-state index contributed by atoms with van der Waals surface area (Å²) >= 11 is 1.58. The normalized spacial score (nSPS) is 16.2. The van der Waals surface area contributed by atoms with E-state index in [1.165, 1.54) is 0 Å². The standard InChI is InChI=1S/C22H28N2O3S/c1-16-12-17(2)14-18(13-16)27-10-9-23(3)22(26)20-7-4-8-24(20)21(25)15-19-6-5-11-28-19/h5-6,11-14,20H,4,7-10,15H2,1-3H3. The Morgan fingerprint density at radius 2 is 2.00 bits per heavy atom. The Bertz CT molecular complexity index is 799. The van der Waals surface area contributed by atoms with Gasteiger partial charge in [0.05, 0.1) is 13.0 Å². The van der Waals surface area contributed by atoms with E-state index in [9.17, 15) is 9.59 Å². The number of ether oxygens (including phenoxy) is 1. The van der Waals surface area contributed by atoms with Gasteiger partial charge in [0, 0.05) is 18.5 Å². The molecule has 28 heavy (non-hydrogen) atoms. The molecule has 0 bridgehead atoms. The minimum Gasteiger partial charge on any atom is -0.492 e. The quantitative estimate of drug-likeness (QED) is 0.715. The molecule has 0 N–H and O–H groups in total. The van der Waals surface area contributed by atoms with Crippen LogP contribution in [0.1, 0.15) is 28.8 Å². The highest BCUT2D eigenvalue weighted by Gasteiger charge is 2.35. The molecule has 2 amide bonds. The van der Waals surface area contributed by atoms with Crippen molar-refractivity contribution in [2.75, 3.05) is 26.7 Å². The predicted octanol–water partition coefficient (Wildman–Crippen LogP) is 3.44. The third kappa shape index (κ3) is 5.13. The first-order valence-electron chi connectivity index (χ1n) is 9.72. The lowest BCUT2D eigenvalue weighted by Crippen LogP contribution is -2.47. The van der Waals surface area contributed by atoms with Gasteiger partial charge < -0.3 is 14.5 Å². The maximum Gasteiger partial charge on any atom is 0.245 e. The SMILES string of the molecule is Cc1cc(C)cc(OCCN(C)C(=O)C2CCCN2C(=O)Cc2cccs2)c1. The van der Waals surface area contributed by atoms with E-state index in [4.69, 9.17) is 4.74 Å². The Balaban J connectivity index is 1.52. The predicted molar refractivity (Wildman–Crippen MR) is 112 cm³/mol. The van der Waals surface area contributed by atoms with Crippen molar-refractivity contribution in [3.63, 3.8) is 0 Å². The molecule has 3 rings (SSSR count). The van der Waals surface area contributed by atoms with Gasteiger partial charge in [0.1, 0.15) is 18.4 Å². The molecule has 0 spiro atoms. The third-order valence-corrected chi connectivity index (χ3v) is 5.91. The number of hydrogen-bond acceptors (Lipinski definition) is 4. The molecule has 2 heterocycles. The molecular weight excluding hydrogens is 372 g/mol. The molecule has 6 heteroatoms. The number of likely N-dealkylation sites (N-methyl/N-ethyl adjacent to an activating group) is 1. The molecule has 1 unspecified atom stereocenters. The van der Waals surface area contributed by atoms with Crippen molar-refractivity contribution < 1.29 is 14.3 Å². The number of nitrogens with zero attached hydrogens (tertiary/aromatic N) is 2. The van der Waals surface area contributed by atoms with E-state index in [-0.39, 0.29) is 17.9 Å². The van der Waals surface area contributed by atoms with Crippen LogP contribution in [0.3, 0.4) is 0 Å². The molecular formula is C22H28N2O3S. The van der Waals surface area contributed by atoms with E-state index in [2.05, 4.69) is 6.07 Å². The minimum absolute atomic E-state index is 0.000974. The Morgan fingerprint density at radius 1 is 1.25 bits per heavy atom. The van der Waals surface area contributed by atoms with E-state index in [1.807, 2.05) is 43.5 Å². The number of thiophene rings is 1. The zero-order valence-corrected chi connectivity index (χ0v) is 17.6. The Hall–Kier alpha value is -2.34. The fraction of sp³-hybridized carbons (Fsp3) is 0.455. The molecule has 1 aliphatic heterocycles. The molecule has 150 valence electrons. The molecule has 1 fully saturated rings. The highest BCUT2D eigenvalue weighted by molar-refractivity contribution is 7.10. The second-order valence-corrected chi connectivity index (χ2v) is 8.47. The minimum atomic E-state index is -0.348. The van der Waals surface area contributed by atoms with Crippen molar-refractivity contribution in [2.45, 2.75) is 39.2 Å². The van der Waals surface area contributed by atoms with E-state index in [0.29, 0.717) is 26.1 Å². The highest BCUT2D eigenvalue weighted by Crippen LogP contribution is 2.22. The van der Waals surface area contributed by atoms with Crippen molar-refractivity contribution in [1.29, 1.82) is 0 Å². The first-order valence-corrected chi connectivity index (χ1v) is 10.6. The van der Waals surface area contributed by atoms with E-state index in [0.717, 1.165) is 34.6 Å². The number of amides is 2. The van der Waals surface area contributed by atoms with Gasteiger partial charge in [-0.3, -0.25) is 9.59 Å². The summed E-state index contributed by atoms with van der Waals surface area (Å²) in [5.41, 5.74) is 2.32. The summed E-state index contributed by atoms with van der Waals surface area (Å²) < 4.78 is 5.82. The average molecular weight is 401 g/mol. The number of benzene rings is 1. The van der Waals surface area contributed by atoms with E-state index >= 15 is 0 Å². The fourth-order valence-electron chi connectivity index (χ4n) is 3.67. The lowest BCUT2D eigenvalue weighted by Gasteiger charge is -2.28. The fourth-order valence-corrected chi connectivity index (χ4v) is 4.36. The molecule has 1 aliphatic rings. The molecule has 1 aromatic carbocycles. The molecule has 5 nitrogen and oxygen atoms in total. The second kappa shape index (κ2) is 9.24. The summed E-state index contributed by atoms with van der Waals surface area (Å²) in [7, 11) is 1.79. The second-order valence-electron chi connectivity index (χ2n) is 7.43. The van der Waals surface area contributed by atoms with Crippen LogP contribution in [0.5, 0.6) is 5.75 Å². The molecule has 1 saturated heterocycles. The Kier molecular flexibility index (Phi) is 6.73. The number of likely N-dealkylation sites (tertiary alicyclic amines) is 1. The maximum absolute atomic E-state index is 12.9. The summed E-state index contributed by atoms with van der Waals surface area (Å²) in [6.45, 7) is 5.67. The molecule has 2 aromatic rings. The van der Waals surface area contributed by atoms with Crippen molar-refractivity contribution in [3.05, 3.63) is 51.7 Å². The van der Waals surface area contributed by atoms with Crippen LogP contribution in [-0.4, -0.2) is 54.4 Å². The van der Waals surface area contributed by atoms with Crippen molar-refractivity contribution in [3.8, 4) is 5.75 Å². The van der Waals surface area contributed by atoms with Gasteiger partial charge in [-0.15, -0.1) is 11.3 Å². The van der Waals surface area contributed by atoms with E-state index < -0.39 is 0 Å². The molecule has 1 aromatic heterocycles. The van der Waals surface area contributed by atoms with Crippen molar-refractivity contribution in [2.24, 2.45) is 0 Å². The smallest absolute Gasteiger partial charge is 0.245 e. The van der Waals surface area contributed by atoms with Gasteiger partial charge in [0.15, 0.2) is 0 Å². The van der Waals surface area contributed by atoms with Gasteiger partial charge in [0.2, 0.25) is 11.8 Å². The number of carbonyl (C=O) groups is 2. The topological polar surface area (TPSA) is 49.9 Å². The summed E-state index contributed by atoms with van der Waals surface area (Å²) in [6.07, 6.45) is 1.98. The van der Waals surface area contributed by atoms with Crippen LogP contribution in [0.4, 0.5) is 0 Å². The van der Waals surface area contributed by atoms with Gasteiger partial charge in [-0.25, -0.2) is 0 Å². The van der Waals surface area contributed by atoms with Crippen LogP contribution in [0.15, 0.2) is 35.7 Å². The summed E-state index contributed by atoms with van der Waals surface area (Å²) in [5, 5.41) is 1.97. The number of carbonyl (C=O) groups excluding carboxylic acids is 2. The lowest BCUT2D eigenvalue weighted by molar-refractivity contribution is -0.142. The van der Waals surface area contributed by atoms with Crippen LogP contribution in [0.25, 0.3) is 0 Å². The summed E-state index contributed by atoms with van der Waals surface area (Å²) in [5.74, 6) is 0.867. The van der Waals surface area contributed by atoms with Crippen LogP contribution < -0.4 is 4.74 Å². The first kappa shape index (κ1) is 20.4. The lowest BCUT2D eigenvalue weighted by atomic mass is 10.1. The zero-order chi connectivity index (χ0) is 20.1. The van der Waals surface area contributed by atoms with Gasteiger partial charge in [-0.05, 0) is 61.4 Å². The van der Waals surface area contributed by atoms with Gasteiger partial charge in [0.25, 0.3) is 0 Å². The van der Waals surface area contributed by atoms with Gasteiger partial charge >= 0.3 is 0 Å². The van der Waals surface area contributed by atoms with Crippen LogP contribution in [-0.2, 0) is 16.0 Å². The summed E-state index contributed by atoms with van der Waals surface area (Å²) in [6, 6.07) is 9.66. The van der Waals surface area contributed by atoms with Crippen LogP contribution in [0.2, 0.25) is 0 Å². The Labute approximate surface area is 170 Å². The zero-order valence-electron chi connectivity index (χ0n) is 16.8. The van der Waals surface area contributed by atoms with Gasteiger partial charge in [-0.2, -0.15) is 0 Å². The third-order valence-electron chi connectivity index (χ3n) is 5.03. The largest absolute Gasteiger partial charge is 0.492 e. The van der Waals surface area contributed by atoms with Gasteiger partial charge in [-0.1, -0.05) is 12.1 Å². The van der Waals surface area contributed by atoms with Crippen LogP contribution in [0, 0.1) is 13.8 Å². The monoisotopic (exact) mass is 400 g/mol.